The molecule has 33 heavy (non-hydrogen) atoms. The van der Waals surface area contributed by atoms with Gasteiger partial charge in [-0.2, -0.15) is 0 Å². The van der Waals surface area contributed by atoms with Gasteiger partial charge in [-0.25, -0.2) is 14.4 Å². The molecule has 0 radical (unpaired) electrons. The minimum atomic E-state index is -1.07. The maximum atomic E-state index is 13.2. The van der Waals surface area contributed by atoms with Gasteiger partial charge in [-0.3, -0.25) is 9.78 Å². The summed E-state index contributed by atoms with van der Waals surface area (Å²) >= 11 is 0. The first kappa shape index (κ1) is 21.4. The zero-order chi connectivity index (χ0) is 23.0. The number of alkyl halides is 1. The molecular formula is C25H23FN4O3. The van der Waals surface area contributed by atoms with E-state index >= 15 is 0 Å². The zero-order valence-corrected chi connectivity index (χ0v) is 18.1. The Bertz CT molecular complexity index is 1280. The largest absolute Gasteiger partial charge is 0.385 e. The average Bonchev–Trinajstić information content (AvgIpc) is 3.56. The Labute approximate surface area is 190 Å². The van der Waals surface area contributed by atoms with Crippen LogP contribution in [0.3, 0.4) is 0 Å². The lowest BCUT2D eigenvalue weighted by Crippen LogP contribution is -2.33. The third-order valence-electron chi connectivity index (χ3n) is 6.22. The third kappa shape index (κ3) is 4.42. The summed E-state index contributed by atoms with van der Waals surface area (Å²) in [6.45, 7) is 2.93. The van der Waals surface area contributed by atoms with E-state index in [1.54, 1.807) is 30.7 Å². The summed E-state index contributed by atoms with van der Waals surface area (Å²) in [5, 5.41) is 15.1. The Morgan fingerprint density at radius 1 is 1.15 bits per heavy atom. The molecule has 8 heteroatoms. The highest BCUT2D eigenvalue weighted by atomic mass is 19.1. The van der Waals surface area contributed by atoms with E-state index in [4.69, 9.17) is 4.74 Å². The lowest BCUT2D eigenvalue weighted by atomic mass is 9.87. The summed E-state index contributed by atoms with van der Waals surface area (Å²) in [7, 11) is 0. The molecule has 1 amide bonds. The first-order valence-electron chi connectivity index (χ1n) is 10.9. The summed E-state index contributed by atoms with van der Waals surface area (Å²) in [6.07, 6.45) is 5.25. The van der Waals surface area contributed by atoms with Gasteiger partial charge in [-0.15, -0.1) is 0 Å². The number of nitrogens with one attached hydrogen (secondary N) is 1. The molecule has 2 aliphatic rings. The molecular weight excluding hydrogens is 423 g/mol. The predicted molar refractivity (Wildman–Crippen MR) is 120 cm³/mol. The molecule has 168 valence electrons. The number of ether oxygens (including phenoxy) is 1. The summed E-state index contributed by atoms with van der Waals surface area (Å²) in [6, 6.07) is 5.37. The maximum absolute atomic E-state index is 13.2. The number of aryl methyl sites for hydroxylation is 1. The van der Waals surface area contributed by atoms with Gasteiger partial charge >= 0.3 is 0 Å². The summed E-state index contributed by atoms with van der Waals surface area (Å²) in [5.41, 5.74) is 1.87. The van der Waals surface area contributed by atoms with E-state index in [9.17, 15) is 14.3 Å². The van der Waals surface area contributed by atoms with Crippen molar-refractivity contribution >= 4 is 22.5 Å². The zero-order valence-electron chi connectivity index (χ0n) is 18.1. The number of aromatic nitrogens is 3. The lowest BCUT2D eigenvalue weighted by molar-refractivity contribution is -0.117. The number of nitrogens with zero attached hydrogens (tertiary/aromatic N) is 3. The fraction of sp³-hybridized carbons (Fsp3) is 0.360. The normalized spacial score (nSPS) is 21.2. The Kier molecular flexibility index (Phi) is 5.52. The number of hydrogen-bond acceptors (Lipinski definition) is 6. The molecule has 0 unspecified atom stereocenters. The molecule has 1 aliphatic carbocycles. The molecule has 4 heterocycles. The second-order valence-electron chi connectivity index (χ2n) is 8.55. The van der Waals surface area contributed by atoms with Gasteiger partial charge in [0, 0.05) is 66.7 Å². The lowest BCUT2D eigenvalue weighted by Gasteiger charge is -2.32. The minimum absolute atomic E-state index is 0.260. The van der Waals surface area contributed by atoms with Gasteiger partial charge in [0.05, 0.1) is 17.1 Å². The first-order chi connectivity index (χ1) is 15.9. The number of carbonyl (C=O) groups excluding carboxylic acids is 1. The highest BCUT2D eigenvalue weighted by Crippen LogP contribution is 2.35. The summed E-state index contributed by atoms with van der Waals surface area (Å²) in [4.78, 5) is 25.2. The molecule has 3 aromatic rings. The molecule has 2 N–H and O–H groups in total. The number of hydrogen-bond donors (Lipinski definition) is 2. The number of anilines is 1. The van der Waals surface area contributed by atoms with E-state index in [-0.39, 0.29) is 12.3 Å². The van der Waals surface area contributed by atoms with Crippen molar-refractivity contribution in [2.45, 2.75) is 38.0 Å². The smallest absolute Gasteiger partial charge is 0.231 e. The molecule has 2 fully saturated rings. The monoisotopic (exact) mass is 446 g/mol. The Morgan fingerprint density at radius 3 is 2.64 bits per heavy atom. The Balaban J connectivity index is 1.41. The van der Waals surface area contributed by atoms with Crippen LogP contribution in [-0.2, 0) is 15.1 Å². The van der Waals surface area contributed by atoms with E-state index in [1.165, 1.54) is 0 Å². The Morgan fingerprint density at radius 2 is 1.94 bits per heavy atom. The number of carbonyl (C=O) groups is 1. The van der Waals surface area contributed by atoms with E-state index in [0.29, 0.717) is 43.1 Å². The molecule has 1 saturated carbocycles. The van der Waals surface area contributed by atoms with E-state index in [2.05, 4.69) is 32.1 Å². The van der Waals surface area contributed by atoms with Gasteiger partial charge in [0.15, 0.2) is 0 Å². The topological polar surface area (TPSA) is 97.2 Å². The minimum Gasteiger partial charge on any atom is -0.385 e. The van der Waals surface area contributed by atoms with E-state index in [0.717, 1.165) is 22.0 Å². The molecule has 7 nitrogen and oxygen atoms in total. The number of halogens is 1. The standard InChI is InChI=1S/C25H23FN4O3/c1-15-21-14-29-23(30-24(31)20-10-22(20)26)11-19(21)16(12-27-15)2-4-18-5-3-17(13-28-18)25(32)6-8-33-9-7-25/h3,5,11-14,20,22,32H,6-10H2,1H3,(H,29,30,31)/t20-,22+/m1/s1. The van der Waals surface area contributed by atoms with Gasteiger partial charge in [-0.05, 0) is 31.4 Å². The fourth-order valence-corrected chi connectivity index (χ4v) is 3.96. The van der Waals surface area contributed by atoms with Crippen molar-refractivity contribution in [1.29, 1.82) is 0 Å². The molecule has 5 rings (SSSR count). The van der Waals surface area contributed by atoms with Crippen molar-refractivity contribution in [2.24, 2.45) is 5.92 Å². The van der Waals surface area contributed by atoms with Gasteiger partial charge < -0.3 is 15.2 Å². The molecule has 0 spiro atoms. The van der Waals surface area contributed by atoms with Crippen LogP contribution in [0.1, 0.15) is 41.8 Å². The SMILES string of the molecule is Cc1ncc(C#Cc2ccc(C3(O)CCOCC3)cn2)c2cc(NC(=O)[C@@H]3C[C@@H]3F)ncc12. The van der Waals surface area contributed by atoms with Gasteiger partial charge in [0.25, 0.3) is 0 Å². The van der Waals surface area contributed by atoms with Crippen molar-refractivity contribution in [3.63, 3.8) is 0 Å². The second-order valence-corrected chi connectivity index (χ2v) is 8.55. The van der Waals surface area contributed by atoms with Crippen molar-refractivity contribution in [1.82, 2.24) is 15.0 Å². The third-order valence-corrected chi connectivity index (χ3v) is 6.22. The average molecular weight is 446 g/mol. The van der Waals surface area contributed by atoms with Crippen molar-refractivity contribution in [2.75, 3.05) is 18.5 Å². The summed E-state index contributed by atoms with van der Waals surface area (Å²) in [5.74, 6) is 5.56. The number of fused-ring (bicyclic) bond motifs is 1. The number of amides is 1. The van der Waals surface area contributed by atoms with Crippen LogP contribution in [0.25, 0.3) is 10.8 Å². The quantitative estimate of drug-likeness (QED) is 0.601. The van der Waals surface area contributed by atoms with Gasteiger partial charge in [-0.1, -0.05) is 12.0 Å². The highest BCUT2D eigenvalue weighted by molar-refractivity contribution is 5.97. The van der Waals surface area contributed by atoms with E-state index in [1.807, 2.05) is 13.0 Å². The fourth-order valence-electron chi connectivity index (χ4n) is 3.96. The predicted octanol–water partition coefficient (Wildman–Crippen LogP) is 3.03. The first-order valence-corrected chi connectivity index (χ1v) is 10.9. The van der Waals surface area contributed by atoms with Crippen LogP contribution in [0.2, 0.25) is 0 Å². The molecule has 1 aliphatic heterocycles. The van der Waals surface area contributed by atoms with Crippen molar-refractivity contribution in [3.05, 3.63) is 59.3 Å². The van der Waals surface area contributed by atoms with Crippen LogP contribution < -0.4 is 5.32 Å². The number of pyridine rings is 3. The van der Waals surface area contributed by atoms with Crippen molar-refractivity contribution < 1.29 is 19.0 Å². The number of aliphatic hydroxyl groups is 1. The highest BCUT2D eigenvalue weighted by Gasteiger charge is 2.43. The van der Waals surface area contributed by atoms with Crippen LogP contribution in [0.15, 0.2) is 36.8 Å². The van der Waals surface area contributed by atoms with Gasteiger partial charge in [0.1, 0.15) is 17.7 Å². The number of rotatable bonds is 3. The van der Waals surface area contributed by atoms with Crippen LogP contribution in [0, 0.1) is 24.7 Å². The van der Waals surface area contributed by atoms with Crippen LogP contribution in [-0.4, -0.2) is 45.4 Å². The van der Waals surface area contributed by atoms with Crippen molar-refractivity contribution in [3.8, 4) is 11.8 Å². The van der Waals surface area contributed by atoms with Crippen LogP contribution in [0.4, 0.5) is 10.2 Å². The van der Waals surface area contributed by atoms with Crippen LogP contribution in [0.5, 0.6) is 0 Å². The van der Waals surface area contributed by atoms with Gasteiger partial charge in [0.2, 0.25) is 5.91 Å². The Hall–Kier alpha value is -3.41. The molecule has 1 saturated heterocycles. The molecule has 3 aromatic heterocycles. The maximum Gasteiger partial charge on any atom is 0.231 e. The summed E-state index contributed by atoms with van der Waals surface area (Å²) < 4.78 is 18.5. The second kappa shape index (κ2) is 8.50. The molecule has 0 bridgehead atoms. The molecule has 0 aromatic carbocycles. The molecule has 2 atom stereocenters. The van der Waals surface area contributed by atoms with E-state index < -0.39 is 17.7 Å². The van der Waals surface area contributed by atoms with Crippen LogP contribution >= 0.6 is 0 Å².